The van der Waals surface area contributed by atoms with E-state index in [1.54, 1.807) is 0 Å². The third kappa shape index (κ3) is 2.67. The van der Waals surface area contributed by atoms with E-state index in [0.29, 0.717) is 12.3 Å². The van der Waals surface area contributed by atoms with Crippen LogP contribution in [0.15, 0.2) is 0 Å². The number of alkyl halides is 1. The molecule has 1 fully saturated rings. The molecule has 70 valence electrons. The van der Waals surface area contributed by atoms with E-state index in [1.165, 1.54) is 0 Å². The van der Waals surface area contributed by atoms with E-state index in [1.807, 2.05) is 0 Å². The molecule has 0 unspecified atom stereocenters. The molecule has 0 aromatic heterocycles. The fraction of sp³-hybridized carbons (Fsp3) is 0.889. The highest BCUT2D eigenvalue weighted by Crippen LogP contribution is 2.36. The number of unbranched alkanes of at least 4 members (excludes halogenated alkanes) is 1. The maximum Gasteiger partial charge on any atom is 0.220 e. The van der Waals surface area contributed by atoms with E-state index >= 15 is 0 Å². The second-order valence-electron chi connectivity index (χ2n) is 3.57. The summed E-state index contributed by atoms with van der Waals surface area (Å²) < 4.78 is 0. The minimum Gasteiger partial charge on any atom is -0.349 e. The van der Waals surface area contributed by atoms with Gasteiger partial charge < -0.3 is 5.32 Å². The highest BCUT2D eigenvalue weighted by molar-refractivity contribution is 6.19. The maximum absolute atomic E-state index is 11.2. The van der Waals surface area contributed by atoms with Crippen molar-refractivity contribution in [3.63, 3.8) is 0 Å². The average molecular weight is 190 g/mol. The first-order chi connectivity index (χ1) is 5.72. The first-order valence-corrected chi connectivity index (χ1v) is 5.13. The third-order valence-corrected chi connectivity index (χ3v) is 2.78. The summed E-state index contributed by atoms with van der Waals surface area (Å²) in [4.78, 5) is 11.2. The van der Waals surface area contributed by atoms with Crippen LogP contribution in [0.2, 0.25) is 0 Å². The van der Waals surface area contributed by atoms with Gasteiger partial charge in [-0.1, -0.05) is 13.3 Å². The molecule has 1 rings (SSSR count). The summed E-state index contributed by atoms with van der Waals surface area (Å²) in [5.41, 5.74) is -0.0214. The molecule has 12 heavy (non-hydrogen) atoms. The Morgan fingerprint density at radius 3 is 2.67 bits per heavy atom. The van der Waals surface area contributed by atoms with E-state index in [2.05, 4.69) is 12.2 Å². The second-order valence-corrected chi connectivity index (χ2v) is 3.83. The van der Waals surface area contributed by atoms with Gasteiger partial charge in [0.2, 0.25) is 5.91 Å². The molecule has 1 saturated carbocycles. The topological polar surface area (TPSA) is 29.1 Å². The van der Waals surface area contributed by atoms with Crippen LogP contribution in [0.1, 0.15) is 39.0 Å². The van der Waals surface area contributed by atoms with E-state index in [-0.39, 0.29) is 11.4 Å². The van der Waals surface area contributed by atoms with Crippen LogP contribution in [0.5, 0.6) is 0 Å². The lowest BCUT2D eigenvalue weighted by Crippen LogP contribution is -2.37. The van der Waals surface area contributed by atoms with Gasteiger partial charge in [0.25, 0.3) is 0 Å². The molecule has 1 amide bonds. The van der Waals surface area contributed by atoms with Gasteiger partial charge in [-0.3, -0.25) is 4.79 Å². The van der Waals surface area contributed by atoms with Gasteiger partial charge in [-0.05, 0) is 19.3 Å². The number of amides is 1. The molecule has 0 saturated heterocycles. The largest absolute Gasteiger partial charge is 0.349 e. The van der Waals surface area contributed by atoms with Crippen molar-refractivity contribution >= 4 is 17.5 Å². The molecule has 0 aromatic rings. The standard InChI is InChI=1S/C9H16ClNO/c1-2-3-4-8(12)11-9(7-10)5-6-9/h2-7H2,1H3,(H,11,12). The molecule has 3 heteroatoms. The van der Waals surface area contributed by atoms with Crippen molar-refractivity contribution in [2.45, 2.75) is 44.6 Å². The Bertz CT molecular complexity index is 166. The Labute approximate surface area is 78.7 Å². The molecule has 0 spiro atoms. The SMILES string of the molecule is CCCCC(=O)NC1(CCl)CC1. The summed E-state index contributed by atoms with van der Waals surface area (Å²) in [5.74, 6) is 0.722. The zero-order valence-corrected chi connectivity index (χ0v) is 8.28. The molecule has 0 atom stereocenters. The highest BCUT2D eigenvalue weighted by Gasteiger charge is 2.42. The molecular weight excluding hydrogens is 174 g/mol. The predicted octanol–water partition coefficient (Wildman–Crippen LogP) is 2.06. The quantitative estimate of drug-likeness (QED) is 0.660. The minimum absolute atomic E-state index is 0.0214. The van der Waals surface area contributed by atoms with Crippen LogP contribution < -0.4 is 5.32 Å². The van der Waals surface area contributed by atoms with Gasteiger partial charge in [-0.15, -0.1) is 11.6 Å². The fourth-order valence-electron chi connectivity index (χ4n) is 1.14. The number of nitrogens with one attached hydrogen (secondary N) is 1. The Morgan fingerprint density at radius 1 is 1.58 bits per heavy atom. The van der Waals surface area contributed by atoms with Crippen molar-refractivity contribution < 1.29 is 4.79 Å². The predicted molar refractivity (Wildman–Crippen MR) is 50.4 cm³/mol. The zero-order valence-electron chi connectivity index (χ0n) is 7.53. The van der Waals surface area contributed by atoms with E-state index < -0.39 is 0 Å². The molecule has 0 radical (unpaired) electrons. The first-order valence-electron chi connectivity index (χ1n) is 4.59. The number of carbonyl (C=O) groups excluding carboxylic acids is 1. The molecule has 1 aliphatic rings. The van der Waals surface area contributed by atoms with Gasteiger partial charge in [0.15, 0.2) is 0 Å². The van der Waals surface area contributed by atoms with Crippen molar-refractivity contribution in [1.29, 1.82) is 0 Å². The van der Waals surface area contributed by atoms with Crippen LogP contribution in [0.3, 0.4) is 0 Å². The Morgan fingerprint density at radius 2 is 2.25 bits per heavy atom. The molecule has 0 heterocycles. The molecule has 1 aliphatic carbocycles. The Kier molecular flexibility index (Phi) is 3.39. The summed E-state index contributed by atoms with van der Waals surface area (Å²) in [6.45, 7) is 2.09. The molecule has 1 N–H and O–H groups in total. The van der Waals surface area contributed by atoms with Gasteiger partial charge >= 0.3 is 0 Å². The highest BCUT2D eigenvalue weighted by atomic mass is 35.5. The molecular formula is C9H16ClNO. The van der Waals surface area contributed by atoms with Gasteiger partial charge in [0, 0.05) is 12.3 Å². The number of hydrogen-bond acceptors (Lipinski definition) is 1. The van der Waals surface area contributed by atoms with Crippen LogP contribution in [-0.4, -0.2) is 17.3 Å². The minimum atomic E-state index is -0.0214. The summed E-state index contributed by atoms with van der Waals surface area (Å²) >= 11 is 5.72. The summed E-state index contributed by atoms with van der Waals surface area (Å²) in [6.07, 6.45) is 4.80. The summed E-state index contributed by atoms with van der Waals surface area (Å²) in [5, 5.41) is 2.98. The first kappa shape index (κ1) is 9.85. The average Bonchev–Trinajstić information content (AvgIpc) is 2.82. The maximum atomic E-state index is 11.2. The summed E-state index contributed by atoms with van der Waals surface area (Å²) in [7, 11) is 0. The van der Waals surface area contributed by atoms with Crippen molar-refractivity contribution in [3.8, 4) is 0 Å². The number of carbonyl (C=O) groups is 1. The number of hydrogen-bond donors (Lipinski definition) is 1. The van der Waals surface area contributed by atoms with Crippen molar-refractivity contribution in [3.05, 3.63) is 0 Å². The normalized spacial score (nSPS) is 18.8. The van der Waals surface area contributed by atoms with Crippen LogP contribution >= 0.6 is 11.6 Å². The second kappa shape index (κ2) is 4.13. The molecule has 0 aromatic carbocycles. The van der Waals surface area contributed by atoms with E-state index in [0.717, 1.165) is 25.7 Å². The van der Waals surface area contributed by atoms with Crippen LogP contribution in [0.25, 0.3) is 0 Å². The third-order valence-electron chi connectivity index (χ3n) is 2.27. The Balaban J connectivity index is 2.17. The summed E-state index contributed by atoms with van der Waals surface area (Å²) in [6, 6.07) is 0. The smallest absolute Gasteiger partial charge is 0.220 e. The lowest BCUT2D eigenvalue weighted by Gasteiger charge is -2.13. The van der Waals surface area contributed by atoms with Crippen molar-refractivity contribution in [2.75, 3.05) is 5.88 Å². The fourth-order valence-corrected chi connectivity index (χ4v) is 1.47. The number of rotatable bonds is 5. The van der Waals surface area contributed by atoms with Gasteiger partial charge in [0.05, 0.1) is 5.54 Å². The van der Waals surface area contributed by atoms with E-state index in [9.17, 15) is 4.79 Å². The van der Waals surface area contributed by atoms with Gasteiger partial charge in [-0.2, -0.15) is 0 Å². The monoisotopic (exact) mass is 189 g/mol. The van der Waals surface area contributed by atoms with Crippen LogP contribution in [-0.2, 0) is 4.79 Å². The van der Waals surface area contributed by atoms with Crippen LogP contribution in [0, 0.1) is 0 Å². The van der Waals surface area contributed by atoms with Gasteiger partial charge in [0.1, 0.15) is 0 Å². The Hall–Kier alpha value is -0.240. The lowest BCUT2D eigenvalue weighted by molar-refractivity contribution is -0.122. The van der Waals surface area contributed by atoms with Gasteiger partial charge in [-0.25, -0.2) is 0 Å². The molecule has 0 aliphatic heterocycles. The zero-order chi connectivity index (χ0) is 9.03. The van der Waals surface area contributed by atoms with E-state index in [4.69, 9.17) is 11.6 Å². The number of halogens is 1. The molecule has 2 nitrogen and oxygen atoms in total. The van der Waals surface area contributed by atoms with Crippen LogP contribution in [0.4, 0.5) is 0 Å². The van der Waals surface area contributed by atoms with Crippen molar-refractivity contribution in [1.82, 2.24) is 5.32 Å². The lowest BCUT2D eigenvalue weighted by atomic mass is 10.2. The van der Waals surface area contributed by atoms with Crippen molar-refractivity contribution in [2.24, 2.45) is 0 Å². The molecule has 0 bridgehead atoms.